The average Bonchev–Trinajstić information content (AvgIpc) is 2.82. The molecule has 2 rings (SSSR count). The lowest BCUT2D eigenvalue weighted by Gasteiger charge is -2.16. The number of aromatic nitrogens is 2. The van der Waals surface area contributed by atoms with Gasteiger partial charge < -0.3 is 4.74 Å². The van der Waals surface area contributed by atoms with Gasteiger partial charge >= 0.3 is 0 Å². The SMILES string of the molecule is COc1cnn(C(C)C)c1C1CCC(=O)C1. The maximum Gasteiger partial charge on any atom is 0.160 e. The molecule has 0 bridgehead atoms. The molecule has 16 heavy (non-hydrogen) atoms. The molecule has 1 aromatic heterocycles. The van der Waals surface area contributed by atoms with Crippen molar-refractivity contribution in [1.29, 1.82) is 0 Å². The number of ketones is 1. The highest BCUT2D eigenvalue weighted by Crippen LogP contribution is 2.38. The van der Waals surface area contributed by atoms with Gasteiger partial charge in [-0.15, -0.1) is 0 Å². The third-order valence-corrected chi connectivity index (χ3v) is 3.14. The van der Waals surface area contributed by atoms with Crippen molar-refractivity contribution in [2.24, 2.45) is 0 Å². The molecule has 0 saturated heterocycles. The maximum atomic E-state index is 11.4. The second-order valence-electron chi connectivity index (χ2n) is 4.61. The molecule has 88 valence electrons. The van der Waals surface area contributed by atoms with Gasteiger partial charge in [-0.25, -0.2) is 0 Å². The van der Waals surface area contributed by atoms with Gasteiger partial charge in [0, 0.05) is 24.8 Å². The van der Waals surface area contributed by atoms with Crippen molar-refractivity contribution in [3.05, 3.63) is 11.9 Å². The molecular formula is C12H18N2O2. The summed E-state index contributed by atoms with van der Waals surface area (Å²) in [5, 5.41) is 4.34. The van der Waals surface area contributed by atoms with Crippen molar-refractivity contribution < 1.29 is 9.53 Å². The van der Waals surface area contributed by atoms with Gasteiger partial charge in [-0.2, -0.15) is 5.10 Å². The topological polar surface area (TPSA) is 44.1 Å². The lowest BCUT2D eigenvalue weighted by molar-refractivity contribution is -0.117. The molecular weight excluding hydrogens is 204 g/mol. The first kappa shape index (κ1) is 11.2. The lowest BCUT2D eigenvalue weighted by atomic mass is 10.0. The van der Waals surface area contributed by atoms with Gasteiger partial charge in [-0.3, -0.25) is 9.48 Å². The molecule has 1 aliphatic carbocycles. The monoisotopic (exact) mass is 222 g/mol. The number of methoxy groups -OCH3 is 1. The zero-order valence-corrected chi connectivity index (χ0v) is 10.1. The third kappa shape index (κ3) is 1.84. The number of ether oxygens (including phenoxy) is 1. The standard InChI is InChI=1S/C12H18N2O2/c1-8(2)14-12(11(16-3)7-13-14)9-4-5-10(15)6-9/h7-9H,4-6H2,1-3H3. The van der Waals surface area contributed by atoms with Crippen molar-refractivity contribution in [3.8, 4) is 5.75 Å². The summed E-state index contributed by atoms with van der Waals surface area (Å²) in [7, 11) is 1.65. The van der Waals surface area contributed by atoms with Crippen LogP contribution < -0.4 is 4.74 Å². The van der Waals surface area contributed by atoms with E-state index in [1.165, 1.54) is 0 Å². The van der Waals surface area contributed by atoms with E-state index < -0.39 is 0 Å². The Labute approximate surface area is 95.6 Å². The van der Waals surface area contributed by atoms with E-state index >= 15 is 0 Å². The van der Waals surface area contributed by atoms with Crippen LogP contribution in [0, 0.1) is 0 Å². The molecule has 0 aliphatic heterocycles. The highest BCUT2D eigenvalue weighted by atomic mass is 16.5. The molecule has 4 nitrogen and oxygen atoms in total. The number of Topliss-reactive ketones (excluding diaryl/α,β-unsaturated/α-hetero) is 1. The number of hydrogen-bond donors (Lipinski definition) is 0. The van der Waals surface area contributed by atoms with Gasteiger partial charge in [0.15, 0.2) is 5.75 Å². The molecule has 1 fully saturated rings. The Morgan fingerprint density at radius 1 is 1.56 bits per heavy atom. The van der Waals surface area contributed by atoms with Crippen LogP contribution in [0.4, 0.5) is 0 Å². The van der Waals surface area contributed by atoms with Gasteiger partial charge in [0.05, 0.1) is 19.0 Å². The van der Waals surface area contributed by atoms with Crippen molar-refractivity contribution in [2.45, 2.75) is 45.1 Å². The van der Waals surface area contributed by atoms with Gasteiger partial charge in [0.25, 0.3) is 0 Å². The highest BCUT2D eigenvalue weighted by Gasteiger charge is 2.30. The summed E-state index contributed by atoms with van der Waals surface area (Å²) in [6.07, 6.45) is 4.00. The predicted octanol–water partition coefficient (Wildman–Crippen LogP) is 2.31. The average molecular weight is 222 g/mol. The van der Waals surface area contributed by atoms with Crippen molar-refractivity contribution in [2.75, 3.05) is 7.11 Å². The Kier molecular flexibility index (Phi) is 2.99. The van der Waals surface area contributed by atoms with Crippen molar-refractivity contribution in [3.63, 3.8) is 0 Å². The van der Waals surface area contributed by atoms with Crippen LogP contribution >= 0.6 is 0 Å². The molecule has 0 aromatic carbocycles. The molecule has 1 unspecified atom stereocenters. The minimum atomic E-state index is 0.285. The second kappa shape index (κ2) is 4.28. The summed E-state index contributed by atoms with van der Waals surface area (Å²) >= 11 is 0. The molecule has 0 spiro atoms. The van der Waals surface area contributed by atoms with E-state index in [-0.39, 0.29) is 5.92 Å². The molecule has 1 aliphatic rings. The summed E-state index contributed by atoms with van der Waals surface area (Å²) in [6.45, 7) is 4.18. The fourth-order valence-electron chi connectivity index (χ4n) is 2.36. The van der Waals surface area contributed by atoms with Crippen LogP contribution in [0.1, 0.15) is 50.8 Å². The molecule has 0 amide bonds. The summed E-state index contributed by atoms with van der Waals surface area (Å²) < 4.78 is 7.30. The van der Waals surface area contributed by atoms with E-state index in [2.05, 4.69) is 18.9 Å². The minimum Gasteiger partial charge on any atom is -0.493 e. The fourth-order valence-corrected chi connectivity index (χ4v) is 2.36. The Hall–Kier alpha value is -1.32. The first-order valence-electron chi connectivity index (χ1n) is 5.76. The van der Waals surface area contributed by atoms with Gasteiger partial charge in [0.2, 0.25) is 0 Å². The first-order chi connectivity index (χ1) is 7.63. The molecule has 0 radical (unpaired) electrons. The molecule has 1 aromatic rings. The van der Waals surface area contributed by atoms with E-state index in [4.69, 9.17) is 4.74 Å². The smallest absolute Gasteiger partial charge is 0.160 e. The van der Waals surface area contributed by atoms with Crippen LogP contribution in [0.2, 0.25) is 0 Å². The van der Waals surface area contributed by atoms with E-state index in [0.29, 0.717) is 24.7 Å². The Morgan fingerprint density at radius 2 is 2.31 bits per heavy atom. The van der Waals surface area contributed by atoms with E-state index in [1.54, 1.807) is 13.3 Å². The first-order valence-corrected chi connectivity index (χ1v) is 5.76. The van der Waals surface area contributed by atoms with Crippen LogP contribution in [0.5, 0.6) is 5.75 Å². The molecule has 1 atom stereocenters. The Bertz CT molecular complexity index is 396. The van der Waals surface area contributed by atoms with E-state index in [9.17, 15) is 4.79 Å². The fraction of sp³-hybridized carbons (Fsp3) is 0.667. The van der Waals surface area contributed by atoms with Gasteiger partial charge in [0.1, 0.15) is 5.78 Å². The van der Waals surface area contributed by atoms with Crippen LogP contribution in [0.15, 0.2) is 6.20 Å². The zero-order chi connectivity index (χ0) is 11.7. The summed E-state index contributed by atoms with van der Waals surface area (Å²) in [5.41, 5.74) is 1.09. The van der Waals surface area contributed by atoms with E-state index in [0.717, 1.165) is 17.9 Å². The molecule has 1 heterocycles. The number of nitrogens with zero attached hydrogens (tertiary/aromatic N) is 2. The minimum absolute atomic E-state index is 0.285. The van der Waals surface area contributed by atoms with E-state index in [1.807, 2.05) is 4.68 Å². The van der Waals surface area contributed by atoms with Crippen LogP contribution in [-0.4, -0.2) is 22.7 Å². The zero-order valence-electron chi connectivity index (χ0n) is 10.1. The van der Waals surface area contributed by atoms with Crippen LogP contribution in [0.25, 0.3) is 0 Å². The van der Waals surface area contributed by atoms with Crippen LogP contribution in [-0.2, 0) is 4.79 Å². The lowest BCUT2D eigenvalue weighted by Crippen LogP contribution is -2.11. The third-order valence-electron chi connectivity index (χ3n) is 3.14. The summed E-state index contributed by atoms with van der Waals surface area (Å²) in [4.78, 5) is 11.4. The normalized spacial score (nSPS) is 20.8. The quantitative estimate of drug-likeness (QED) is 0.788. The summed E-state index contributed by atoms with van der Waals surface area (Å²) in [6, 6.07) is 0.301. The maximum absolute atomic E-state index is 11.4. The Balaban J connectivity index is 2.36. The van der Waals surface area contributed by atoms with Crippen molar-refractivity contribution >= 4 is 5.78 Å². The number of rotatable bonds is 3. The number of carbonyl (C=O) groups excluding carboxylic acids is 1. The van der Waals surface area contributed by atoms with Crippen LogP contribution in [0.3, 0.4) is 0 Å². The number of hydrogen-bond acceptors (Lipinski definition) is 3. The van der Waals surface area contributed by atoms with Crippen molar-refractivity contribution in [1.82, 2.24) is 9.78 Å². The number of carbonyl (C=O) groups is 1. The largest absolute Gasteiger partial charge is 0.493 e. The van der Waals surface area contributed by atoms with Gasteiger partial charge in [-0.05, 0) is 20.3 Å². The summed E-state index contributed by atoms with van der Waals surface area (Å²) in [5.74, 6) is 1.45. The molecule has 0 N–H and O–H groups in total. The molecule has 1 saturated carbocycles. The van der Waals surface area contributed by atoms with Gasteiger partial charge in [-0.1, -0.05) is 0 Å². The predicted molar refractivity (Wildman–Crippen MR) is 60.8 cm³/mol. The highest BCUT2D eigenvalue weighted by molar-refractivity contribution is 5.81. The second-order valence-corrected chi connectivity index (χ2v) is 4.61. The molecule has 4 heteroatoms. The Morgan fingerprint density at radius 3 is 2.81 bits per heavy atom.